The second kappa shape index (κ2) is 28.2. The summed E-state index contributed by atoms with van der Waals surface area (Å²) in [6.45, 7) is 5.48. The highest BCUT2D eigenvalue weighted by Gasteiger charge is 2.45. The lowest BCUT2D eigenvalue weighted by molar-refractivity contribution is -0.137. The molecule has 2 saturated heterocycles. The molecule has 2 atom stereocenters. The smallest absolute Gasteiger partial charge is 0.264 e. The number of hydrogen-bond acceptors (Lipinski definition) is 15. The standard InChI is InChI=1S/C52H61ClN8O12S/c53-34-46(65)60(48(42-10-5-33-74-42)50(67)55-19-17-36-6-2-1-3-7-36)38-13-11-37(12-14-38)56-44(63)35-58-21-23-59(24-22-58)45(64)18-25-70-27-29-72-31-32-73-30-28-71-26-20-54-40-9-4-8-39-47(40)52(69)61(51(39)68)41-15-16-43(62)57-49(41)66/h1-14,33,41,48,54H,15-32,34-35H2,(H,55,67)(H,56,63)(H,57,62,66). The maximum atomic E-state index is 13.7. The lowest BCUT2D eigenvalue weighted by atomic mass is 10.0. The number of imide groups is 2. The molecule has 3 aliphatic heterocycles. The Morgan fingerprint density at radius 3 is 2.11 bits per heavy atom. The zero-order valence-corrected chi connectivity index (χ0v) is 42.5. The first kappa shape index (κ1) is 55.2. The maximum absolute atomic E-state index is 13.7. The summed E-state index contributed by atoms with van der Waals surface area (Å²) in [5, 5.41) is 13.1. The van der Waals surface area contributed by atoms with Gasteiger partial charge >= 0.3 is 0 Å². The van der Waals surface area contributed by atoms with E-state index in [-0.39, 0.29) is 67.1 Å². The largest absolute Gasteiger partial charge is 0.382 e. The predicted octanol–water partition coefficient (Wildman–Crippen LogP) is 3.47. The van der Waals surface area contributed by atoms with Crippen LogP contribution in [0, 0.1) is 0 Å². The molecule has 8 amide bonds. The Bertz CT molecular complexity index is 2570. The van der Waals surface area contributed by atoms with Crippen LogP contribution in [0.1, 0.15) is 56.5 Å². The summed E-state index contributed by atoms with van der Waals surface area (Å²) in [5.41, 5.74) is 2.89. The third-order valence-corrected chi connectivity index (χ3v) is 13.5. The second-order valence-electron chi connectivity index (χ2n) is 17.4. The molecular formula is C52H61ClN8O12S. The van der Waals surface area contributed by atoms with Crippen LogP contribution in [0.5, 0.6) is 0 Å². The number of thiophene rings is 1. The Labute approximate surface area is 437 Å². The number of benzene rings is 3. The molecule has 7 rings (SSSR count). The molecule has 2 unspecified atom stereocenters. The van der Waals surface area contributed by atoms with Crippen molar-refractivity contribution in [3.8, 4) is 0 Å². The zero-order chi connectivity index (χ0) is 52.2. The van der Waals surface area contributed by atoms with Crippen molar-refractivity contribution in [2.75, 3.05) is 120 Å². The van der Waals surface area contributed by atoms with Crippen LogP contribution in [-0.2, 0) is 54.1 Å². The quantitative estimate of drug-likeness (QED) is 0.0363. The third kappa shape index (κ3) is 15.2. The summed E-state index contributed by atoms with van der Waals surface area (Å²) >= 11 is 7.45. The number of piperazine rings is 1. The molecule has 3 aliphatic rings. The van der Waals surface area contributed by atoms with Gasteiger partial charge in [-0.3, -0.25) is 58.4 Å². The Kier molecular flexibility index (Phi) is 21.0. The number of piperidine rings is 1. The average Bonchev–Trinajstić information content (AvgIpc) is 4.03. The van der Waals surface area contributed by atoms with Crippen molar-refractivity contribution in [3.05, 3.63) is 112 Å². The summed E-state index contributed by atoms with van der Waals surface area (Å²) in [6.07, 6.45) is 0.987. The van der Waals surface area contributed by atoms with E-state index in [1.54, 1.807) is 41.3 Å². The average molecular weight is 1060 g/mol. The van der Waals surface area contributed by atoms with E-state index < -0.39 is 41.6 Å². The minimum absolute atomic E-state index is 0.0253. The molecule has 0 bridgehead atoms. The number of hydrogen-bond donors (Lipinski definition) is 4. The lowest BCUT2D eigenvalue weighted by Crippen LogP contribution is -2.54. The molecule has 20 nitrogen and oxygen atoms in total. The van der Waals surface area contributed by atoms with Crippen LogP contribution in [0.3, 0.4) is 0 Å². The van der Waals surface area contributed by atoms with Gasteiger partial charge in [0.05, 0.1) is 76.9 Å². The molecule has 0 saturated carbocycles. The van der Waals surface area contributed by atoms with Gasteiger partial charge in [0.2, 0.25) is 35.4 Å². The van der Waals surface area contributed by atoms with Crippen LogP contribution < -0.4 is 26.2 Å². The Morgan fingerprint density at radius 2 is 1.45 bits per heavy atom. The number of halogens is 1. The first-order chi connectivity index (χ1) is 36.0. The number of nitrogens with zero attached hydrogens (tertiary/aromatic N) is 4. The first-order valence-electron chi connectivity index (χ1n) is 24.5. The van der Waals surface area contributed by atoms with Crippen molar-refractivity contribution in [2.45, 2.75) is 37.8 Å². The van der Waals surface area contributed by atoms with Gasteiger partial charge in [-0.2, -0.15) is 0 Å². The summed E-state index contributed by atoms with van der Waals surface area (Å²) in [6, 6.07) is 23.1. The van der Waals surface area contributed by atoms with Crippen molar-refractivity contribution in [1.82, 2.24) is 25.3 Å². The number of rotatable bonds is 28. The number of carbonyl (C=O) groups is 8. The summed E-state index contributed by atoms with van der Waals surface area (Å²) in [5.74, 6) is -3.60. The van der Waals surface area contributed by atoms with Gasteiger partial charge in [0.15, 0.2) is 0 Å². The molecule has 22 heteroatoms. The lowest BCUT2D eigenvalue weighted by Gasteiger charge is -2.34. The molecule has 0 spiro atoms. The van der Waals surface area contributed by atoms with E-state index in [1.807, 2.05) is 52.7 Å². The number of fused-ring (bicyclic) bond motifs is 1. The predicted molar refractivity (Wildman–Crippen MR) is 276 cm³/mol. The van der Waals surface area contributed by atoms with Crippen LogP contribution in [0.25, 0.3) is 0 Å². The molecule has 4 aromatic rings. The van der Waals surface area contributed by atoms with E-state index in [0.717, 1.165) is 10.5 Å². The van der Waals surface area contributed by atoms with Crippen molar-refractivity contribution in [3.63, 3.8) is 0 Å². The Balaban J connectivity index is 0.706. The molecule has 394 valence electrons. The molecule has 0 radical (unpaired) electrons. The summed E-state index contributed by atoms with van der Waals surface area (Å²) < 4.78 is 22.4. The van der Waals surface area contributed by atoms with Gasteiger partial charge < -0.3 is 39.8 Å². The summed E-state index contributed by atoms with van der Waals surface area (Å²) in [7, 11) is 0. The topological polar surface area (TPSA) is 235 Å². The number of alkyl halides is 1. The highest BCUT2D eigenvalue weighted by atomic mass is 35.5. The van der Waals surface area contributed by atoms with Crippen molar-refractivity contribution in [1.29, 1.82) is 0 Å². The fraction of sp³-hybridized carbons (Fsp3) is 0.423. The molecule has 3 aromatic carbocycles. The van der Waals surface area contributed by atoms with Gasteiger partial charge in [0.1, 0.15) is 18.0 Å². The molecular weight excluding hydrogens is 996 g/mol. The second-order valence-corrected chi connectivity index (χ2v) is 18.6. The van der Waals surface area contributed by atoms with E-state index >= 15 is 0 Å². The fourth-order valence-corrected chi connectivity index (χ4v) is 9.60. The van der Waals surface area contributed by atoms with E-state index in [4.69, 9.17) is 30.5 Å². The Hall–Kier alpha value is -6.59. The molecule has 4 heterocycles. The van der Waals surface area contributed by atoms with Crippen LogP contribution in [0.15, 0.2) is 90.3 Å². The van der Waals surface area contributed by atoms with E-state index in [1.165, 1.54) is 22.3 Å². The number of carbonyl (C=O) groups excluding carboxylic acids is 8. The highest BCUT2D eigenvalue weighted by molar-refractivity contribution is 7.10. The number of nitrogens with one attached hydrogen (secondary N) is 4. The third-order valence-electron chi connectivity index (χ3n) is 12.4. The molecule has 0 aliphatic carbocycles. The molecule has 74 heavy (non-hydrogen) atoms. The SMILES string of the molecule is O=C1CCC(N2C(=O)c3cccc(NCCOCCOCCOCCOCCC(=O)N4CCN(CC(=O)Nc5ccc(N(C(=O)CCl)C(C(=O)NCCc6ccccc6)c6cccs6)cc5)CC4)c3C2=O)C(=O)N1. The fourth-order valence-electron chi connectivity index (χ4n) is 8.66. The normalized spacial score (nSPS) is 16.1. The maximum Gasteiger partial charge on any atom is 0.264 e. The minimum atomic E-state index is -1.04. The van der Waals surface area contributed by atoms with E-state index in [0.29, 0.717) is 114 Å². The van der Waals surface area contributed by atoms with Crippen molar-refractivity contribution >= 4 is 87.3 Å². The Morgan fingerprint density at radius 1 is 0.757 bits per heavy atom. The molecule has 4 N–H and O–H groups in total. The van der Waals surface area contributed by atoms with Gasteiger partial charge in [-0.05, 0) is 66.2 Å². The van der Waals surface area contributed by atoms with Crippen molar-refractivity contribution in [2.24, 2.45) is 0 Å². The summed E-state index contributed by atoms with van der Waals surface area (Å²) in [4.78, 5) is 110. The van der Waals surface area contributed by atoms with Gasteiger partial charge in [0, 0.05) is 67.6 Å². The molecule has 1 aromatic heterocycles. The van der Waals surface area contributed by atoms with Crippen LogP contribution in [-0.4, -0.2) is 173 Å². The molecule has 2 fully saturated rings. The zero-order valence-electron chi connectivity index (χ0n) is 40.9. The van der Waals surface area contributed by atoms with Crippen LogP contribution >= 0.6 is 22.9 Å². The van der Waals surface area contributed by atoms with Crippen LogP contribution in [0.2, 0.25) is 0 Å². The van der Waals surface area contributed by atoms with Crippen molar-refractivity contribution < 1.29 is 57.3 Å². The first-order valence-corrected chi connectivity index (χ1v) is 26.0. The number of ether oxygens (including phenoxy) is 4. The highest BCUT2D eigenvalue weighted by Crippen LogP contribution is 2.34. The van der Waals surface area contributed by atoms with Gasteiger partial charge in [-0.25, -0.2) is 0 Å². The van der Waals surface area contributed by atoms with Gasteiger partial charge in [-0.15, -0.1) is 22.9 Å². The number of amides is 8. The number of anilines is 3. The van der Waals surface area contributed by atoms with Gasteiger partial charge in [-0.1, -0.05) is 42.5 Å². The van der Waals surface area contributed by atoms with E-state index in [2.05, 4.69) is 21.3 Å². The van der Waals surface area contributed by atoms with Crippen LogP contribution in [0.4, 0.5) is 17.1 Å². The monoisotopic (exact) mass is 1060 g/mol. The van der Waals surface area contributed by atoms with Gasteiger partial charge in [0.25, 0.3) is 11.8 Å². The van der Waals surface area contributed by atoms with E-state index in [9.17, 15) is 38.4 Å². The minimum Gasteiger partial charge on any atom is -0.382 e.